The Hall–Kier alpha value is 0.340. The molecule has 8 heteroatoms. The fourth-order valence-electron chi connectivity index (χ4n) is 0.163. The number of rotatable bonds is 2. The fourth-order valence-corrected chi connectivity index (χ4v) is 0.265. The van der Waals surface area contributed by atoms with E-state index in [-0.39, 0.29) is 41.3 Å². The van der Waals surface area contributed by atoms with E-state index >= 15 is 0 Å². The molecule has 0 aliphatic carbocycles. The van der Waals surface area contributed by atoms with Crippen LogP contribution in [0.1, 0.15) is 13.8 Å². The van der Waals surface area contributed by atoms with Crippen LogP contribution in [0, 0.1) is 0 Å². The van der Waals surface area contributed by atoms with Gasteiger partial charge < -0.3 is 26.4 Å². The average molecular weight is 252 g/mol. The van der Waals surface area contributed by atoms with E-state index in [1.165, 1.54) is 0 Å². The number of hydrogen-bond donors (Lipinski definition) is 5. The summed E-state index contributed by atoms with van der Waals surface area (Å²) in [7, 11) is 0. The number of aliphatic hydroxyl groups is 3. The Balaban J connectivity index is -0.0000000620. The van der Waals surface area contributed by atoms with Crippen molar-refractivity contribution < 1.29 is 15.3 Å². The van der Waals surface area contributed by atoms with Crippen LogP contribution in [0.25, 0.3) is 0 Å². The zero-order chi connectivity index (χ0) is 11.3. The molecule has 0 aromatic rings. The molecule has 0 bridgehead atoms. The van der Waals surface area contributed by atoms with Crippen LogP contribution in [-0.4, -0.2) is 68.4 Å². The number of aliphatic hydroxyl groups excluding tert-OH is 3. The Morgan fingerprint density at radius 3 is 1.64 bits per heavy atom. The number of nitrogens with two attached hydrogens (primary N) is 1. The van der Waals surface area contributed by atoms with Gasteiger partial charge in [0.1, 0.15) is 0 Å². The van der Waals surface area contributed by atoms with Crippen LogP contribution in [0.4, 0.5) is 0 Å². The van der Waals surface area contributed by atoms with Gasteiger partial charge in [0, 0.05) is 6.54 Å². The van der Waals surface area contributed by atoms with Gasteiger partial charge in [0.25, 0.3) is 10.3 Å². The Morgan fingerprint density at radius 2 is 1.57 bits per heavy atom. The van der Waals surface area contributed by atoms with Crippen LogP contribution in [-0.2, 0) is 0 Å². The van der Waals surface area contributed by atoms with Crippen LogP contribution < -0.4 is 11.1 Å². The Labute approximate surface area is 117 Å². The first-order chi connectivity index (χ1) is 6.00. The van der Waals surface area contributed by atoms with E-state index in [0.717, 1.165) is 0 Å². The van der Waals surface area contributed by atoms with Crippen molar-refractivity contribution in [1.29, 1.82) is 0 Å². The summed E-state index contributed by atoms with van der Waals surface area (Å²) in [6, 6.07) is 0. The third-order valence-electron chi connectivity index (χ3n) is 0.388. The molecular formula is C6H17N2NaO3S2. The van der Waals surface area contributed by atoms with Gasteiger partial charge in [0.15, 0.2) is 0 Å². The predicted octanol–water partition coefficient (Wildman–Crippen LogP) is -0.423. The van der Waals surface area contributed by atoms with Crippen LogP contribution in [0.3, 0.4) is 0 Å². The summed E-state index contributed by atoms with van der Waals surface area (Å²) in [6.07, 6.45) is 0. The summed E-state index contributed by atoms with van der Waals surface area (Å²) in [6.45, 7) is 4.30. The molecule has 0 unspecified atom stereocenters. The number of hydrogen-bond acceptors (Lipinski definition) is 3. The van der Waals surface area contributed by atoms with E-state index in [1.54, 1.807) is 0 Å². The second-order valence-corrected chi connectivity index (χ2v) is 2.10. The molecule has 0 aliphatic rings. The van der Waals surface area contributed by atoms with Crippen LogP contribution in [0.2, 0.25) is 0 Å². The zero-order valence-corrected chi connectivity index (χ0v) is 9.28. The van der Waals surface area contributed by atoms with Gasteiger partial charge in [-0.1, -0.05) is 13.8 Å². The van der Waals surface area contributed by atoms with Crippen molar-refractivity contribution in [1.82, 2.24) is 5.32 Å². The third-order valence-corrected chi connectivity index (χ3v) is 0.532. The van der Waals surface area contributed by atoms with Gasteiger partial charge in [-0.2, -0.15) is 0 Å². The fraction of sp³-hybridized carbons (Fsp3) is 0.667. The summed E-state index contributed by atoms with van der Waals surface area (Å²) in [5.74, 6) is 0. The summed E-state index contributed by atoms with van der Waals surface area (Å²) in [5.41, 5.74) is 4.40. The Bertz CT molecular complexity index is 134. The van der Waals surface area contributed by atoms with Crippen LogP contribution in [0.5, 0.6) is 0 Å². The van der Waals surface area contributed by atoms with Crippen molar-refractivity contribution in [3.63, 3.8) is 0 Å². The van der Waals surface area contributed by atoms with Crippen molar-refractivity contribution >= 4 is 64.3 Å². The number of thiocarbonyl (C=S) groups is 2. The van der Waals surface area contributed by atoms with Gasteiger partial charge in [0.2, 0.25) is 0 Å². The van der Waals surface area contributed by atoms with E-state index in [4.69, 9.17) is 15.3 Å². The van der Waals surface area contributed by atoms with Crippen molar-refractivity contribution in [3.8, 4) is 0 Å². The molecular weight excluding hydrogens is 235 g/mol. The molecule has 82 valence electrons. The standard InChI is InChI=1S/C3H7NO2S.C2H6.CH3NOS.Na.H/c5-2-1-4-3(6)7;1-2;2-1(3)4;;/h5H,1-2H2,(H2,4,6,7);1-2H3;(H3,2,3,4);;. The second kappa shape index (κ2) is 23.3. The molecule has 6 N–H and O–H groups in total. The minimum atomic E-state index is -0.500. The summed E-state index contributed by atoms with van der Waals surface area (Å²) in [4.78, 5) is 0. The predicted molar refractivity (Wildman–Crippen MR) is 68.2 cm³/mol. The first kappa shape index (κ1) is 23.9. The topological polar surface area (TPSA) is 98.7 Å². The zero-order valence-electron chi connectivity index (χ0n) is 7.65. The molecule has 0 amide bonds. The van der Waals surface area contributed by atoms with E-state index in [0.29, 0.717) is 6.54 Å². The van der Waals surface area contributed by atoms with E-state index in [2.05, 4.69) is 35.5 Å². The number of nitrogens with one attached hydrogen (secondary N) is 1. The molecule has 5 nitrogen and oxygen atoms in total. The maximum atomic E-state index is 8.19. The summed E-state index contributed by atoms with van der Waals surface area (Å²) < 4.78 is 0. The third kappa shape index (κ3) is 84.2. The van der Waals surface area contributed by atoms with Crippen LogP contribution in [0.15, 0.2) is 0 Å². The molecule has 0 heterocycles. The van der Waals surface area contributed by atoms with Crippen molar-refractivity contribution in [2.45, 2.75) is 13.8 Å². The van der Waals surface area contributed by atoms with Crippen molar-refractivity contribution in [3.05, 3.63) is 0 Å². The molecule has 0 radical (unpaired) electrons. The molecule has 0 spiro atoms. The van der Waals surface area contributed by atoms with E-state index in [9.17, 15) is 0 Å². The monoisotopic (exact) mass is 252 g/mol. The van der Waals surface area contributed by atoms with Gasteiger partial charge in [-0.05, 0) is 24.4 Å². The van der Waals surface area contributed by atoms with Crippen molar-refractivity contribution in [2.24, 2.45) is 5.73 Å². The molecule has 0 saturated carbocycles. The van der Waals surface area contributed by atoms with Gasteiger partial charge >= 0.3 is 29.6 Å². The van der Waals surface area contributed by atoms with Gasteiger partial charge in [-0.25, -0.2) is 0 Å². The first-order valence-corrected chi connectivity index (χ1v) is 4.38. The second-order valence-electron chi connectivity index (χ2n) is 1.29. The van der Waals surface area contributed by atoms with Gasteiger partial charge in [0.05, 0.1) is 6.61 Å². The molecule has 0 saturated heterocycles. The molecule has 0 aromatic carbocycles. The van der Waals surface area contributed by atoms with Gasteiger partial charge in [-0.15, -0.1) is 0 Å². The summed E-state index contributed by atoms with van der Waals surface area (Å²) in [5, 5.41) is 25.4. The normalized spacial score (nSPS) is 6.21. The average Bonchev–Trinajstić information content (AvgIpc) is 2.03. The Kier molecular flexibility index (Phi) is 39.7. The molecule has 0 fully saturated rings. The molecule has 0 aromatic heterocycles. The van der Waals surface area contributed by atoms with Crippen LogP contribution >= 0.6 is 24.4 Å². The first-order valence-electron chi connectivity index (χ1n) is 3.56. The molecule has 14 heavy (non-hydrogen) atoms. The van der Waals surface area contributed by atoms with Gasteiger partial charge in [-0.3, -0.25) is 0 Å². The molecule has 0 atom stereocenters. The van der Waals surface area contributed by atoms with Crippen molar-refractivity contribution in [2.75, 3.05) is 13.2 Å². The van der Waals surface area contributed by atoms with E-state index in [1.807, 2.05) is 13.8 Å². The Morgan fingerprint density at radius 1 is 1.29 bits per heavy atom. The SMILES string of the molecule is CC.NC(O)=S.OCCNC(O)=S.[NaH]. The minimum absolute atomic E-state index is 0. The molecule has 0 rings (SSSR count). The maximum absolute atomic E-state index is 8.19. The molecule has 0 aliphatic heterocycles. The summed E-state index contributed by atoms with van der Waals surface area (Å²) >= 11 is 8.06. The van der Waals surface area contributed by atoms with E-state index < -0.39 is 5.17 Å². The quantitative estimate of drug-likeness (QED) is 0.336.